The quantitative estimate of drug-likeness (QED) is 0.784. The summed E-state index contributed by atoms with van der Waals surface area (Å²) in [6, 6.07) is 8.07. The molecular formula is C18H26N2OS2. The van der Waals surface area contributed by atoms with E-state index in [0.717, 1.165) is 29.5 Å². The van der Waals surface area contributed by atoms with Crippen LogP contribution in [0.5, 0.6) is 0 Å². The summed E-state index contributed by atoms with van der Waals surface area (Å²) in [6.07, 6.45) is 3.45. The molecule has 2 atom stereocenters. The molecule has 2 unspecified atom stereocenters. The maximum atomic E-state index is 12.5. The van der Waals surface area contributed by atoms with Gasteiger partial charge in [0.2, 0.25) is 5.91 Å². The number of hydrogen-bond acceptors (Lipinski definition) is 3. The molecule has 3 nitrogen and oxygen atoms in total. The Hall–Kier alpha value is -1.07. The highest BCUT2D eigenvalue weighted by Crippen LogP contribution is 2.27. The minimum atomic E-state index is -0.187. The van der Waals surface area contributed by atoms with Crippen molar-refractivity contribution in [2.45, 2.75) is 51.2 Å². The van der Waals surface area contributed by atoms with E-state index in [9.17, 15) is 4.79 Å². The number of nitrogens with zero attached hydrogens (tertiary/aromatic N) is 1. The number of likely N-dealkylation sites (tertiary alicyclic amines) is 1. The lowest BCUT2D eigenvalue weighted by Gasteiger charge is -2.21. The Kier molecular flexibility index (Phi) is 6.90. The summed E-state index contributed by atoms with van der Waals surface area (Å²) in [4.78, 5) is 14.7. The second kappa shape index (κ2) is 8.69. The van der Waals surface area contributed by atoms with Crippen LogP contribution in [0.2, 0.25) is 0 Å². The zero-order valence-electron chi connectivity index (χ0n) is 14.2. The summed E-state index contributed by atoms with van der Waals surface area (Å²) in [7, 11) is 0. The van der Waals surface area contributed by atoms with Gasteiger partial charge >= 0.3 is 0 Å². The summed E-state index contributed by atoms with van der Waals surface area (Å²) in [5, 5.41) is 2.90. The molecule has 0 bridgehead atoms. The fraction of sp³-hybridized carbons (Fsp3) is 0.556. The molecule has 1 fully saturated rings. The van der Waals surface area contributed by atoms with Crippen molar-refractivity contribution in [2.75, 3.05) is 18.4 Å². The number of para-hydroxylation sites is 1. The van der Waals surface area contributed by atoms with Crippen molar-refractivity contribution >= 4 is 39.9 Å². The van der Waals surface area contributed by atoms with Crippen molar-refractivity contribution in [1.82, 2.24) is 4.90 Å². The molecule has 5 heteroatoms. The Bertz CT molecular complexity index is 556. The first-order chi connectivity index (χ1) is 11.0. The molecule has 1 aromatic rings. The highest BCUT2D eigenvalue weighted by atomic mass is 32.2. The minimum Gasteiger partial charge on any atom is -0.358 e. The average Bonchev–Trinajstić information content (AvgIpc) is 3.09. The van der Waals surface area contributed by atoms with E-state index in [-0.39, 0.29) is 11.2 Å². The Labute approximate surface area is 149 Å². The van der Waals surface area contributed by atoms with Crippen LogP contribution in [0, 0.1) is 0 Å². The topological polar surface area (TPSA) is 32.3 Å². The summed E-state index contributed by atoms with van der Waals surface area (Å²) in [5.41, 5.74) is 2.12. The molecule has 23 heavy (non-hydrogen) atoms. The van der Waals surface area contributed by atoms with Crippen LogP contribution in [-0.2, 0) is 4.79 Å². The number of amides is 1. The lowest BCUT2D eigenvalue weighted by Crippen LogP contribution is -2.29. The van der Waals surface area contributed by atoms with Crippen molar-refractivity contribution < 1.29 is 4.79 Å². The lowest BCUT2D eigenvalue weighted by molar-refractivity contribution is -0.115. The molecule has 0 aromatic heterocycles. The third kappa shape index (κ3) is 4.95. The monoisotopic (exact) mass is 350 g/mol. The van der Waals surface area contributed by atoms with Gasteiger partial charge in [0.25, 0.3) is 0 Å². The third-order valence-electron chi connectivity index (χ3n) is 4.37. The maximum Gasteiger partial charge on any atom is 0.237 e. The number of anilines is 1. The molecule has 1 saturated heterocycles. The van der Waals surface area contributed by atoms with E-state index in [1.165, 1.54) is 30.2 Å². The van der Waals surface area contributed by atoms with E-state index in [0.29, 0.717) is 5.92 Å². The van der Waals surface area contributed by atoms with Crippen LogP contribution in [0.15, 0.2) is 24.3 Å². The lowest BCUT2D eigenvalue weighted by atomic mass is 9.97. The molecular weight excluding hydrogens is 324 g/mol. The maximum absolute atomic E-state index is 12.5. The van der Waals surface area contributed by atoms with Crippen molar-refractivity contribution in [1.29, 1.82) is 0 Å². The van der Waals surface area contributed by atoms with Gasteiger partial charge in [-0.1, -0.05) is 56.0 Å². The van der Waals surface area contributed by atoms with Crippen molar-refractivity contribution in [3.63, 3.8) is 0 Å². The average molecular weight is 351 g/mol. The first-order valence-corrected chi connectivity index (χ1v) is 9.67. The standard InChI is InChI=1S/C18H26N2OS2/c1-4-13(2)15-9-5-6-10-16(15)19-17(21)14(3)23-18(22)20-11-7-8-12-20/h5-6,9-10,13-14H,4,7-8,11-12H2,1-3H3,(H,19,21). The number of benzene rings is 1. The molecule has 126 valence electrons. The number of carbonyl (C=O) groups is 1. The fourth-order valence-corrected chi connectivity index (χ4v) is 4.09. The van der Waals surface area contributed by atoms with Crippen LogP contribution < -0.4 is 5.32 Å². The fourth-order valence-electron chi connectivity index (χ4n) is 2.67. The van der Waals surface area contributed by atoms with Crippen LogP contribution >= 0.6 is 24.0 Å². The van der Waals surface area contributed by atoms with E-state index in [1.54, 1.807) is 0 Å². The molecule has 0 spiro atoms. The second-order valence-electron chi connectivity index (χ2n) is 6.11. The predicted octanol–water partition coefficient (Wildman–Crippen LogP) is 4.64. The third-order valence-corrected chi connectivity index (χ3v) is 5.95. The molecule has 0 aliphatic carbocycles. The van der Waals surface area contributed by atoms with Crippen molar-refractivity contribution in [3.8, 4) is 0 Å². The Morgan fingerprint density at radius 3 is 2.61 bits per heavy atom. The van der Waals surface area contributed by atoms with Gasteiger partial charge in [-0.2, -0.15) is 0 Å². The Morgan fingerprint density at radius 1 is 1.30 bits per heavy atom. The largest absolute Gasteiger partial charge is 0.358 e. The van der Waals surface area contributed by atoms with E-state index < -0.39 is 0 Å². The van der Waals surface area contributed by atoms with Gasteiger partial charge < -0.3 is 10.2 Å². The molecule has 1 aliphatic rings. The number of hydrogen-bond donors (Lipinski definition) is 1. The SMILES string of the molecule is CCC(C)c1ccccc1NC(=O)C(C)SC(=S)N1CCCC1. The van der Waals surface area contributed by atoms with Gasteiger partial charge in [-0.05, 0) is 43.7 Å². The van der Waals surface area contributed by atoms with Gasteiger partial charge in [-0.25, -0.2) is 0 Å². The highest BCUT2D eigenvalue weighted by molar-refractivity contribution is 8.23. The van der Waals surface area contributed by atoms with E-state index in [4.69, 9.17) is 12.2 Å². The van der Waals surface area contributed by atoms with E-state index in [2.05, 4.69) is 30.1 Å². The minimum absolute atomic E-state index is 0.0206. The van der Waals surface area contributed by atoms with E-state index >= 15 is 0 Å². The number of nitrogens with one attached hydrogen (secondary N) is 1. The van der Waals surface area contributed by atoms with Crippen LogP contribution in [0.3, 0.4) is 0 Å². The second-order valence-corrected chi connectivity index (χ2v) is 8.08. The normalized spacial score (nSPS) is 16.9. The van der Waals surface area contributed by atoms with E-state index in [1.807, 2.05) is 25.1 Å². The number of carbonyl (C=O) groups excluding carboxylic acids is 1. The first kappa shape index (κ1) is 18.3. The number of thiocarbonyl (C=S) groups is 1. The van der Waals surface area contributed by atoms with Crippen molar-refractivity contribution in [2.24, 2.45) is 0 Å². The zero-order valence-corrected chi connectivity index (χ0v) is 15.8. The Morgan fingerprint density at radius 2 is 1.96 bits per heavy atom. The molecule has 0 radical (unpaired) electrons. The van der Waals surface area contributed by atoms with Gasteiger partial charge in [0, 0.05) is 18.8 Å². The van der Waals surface area contributed by atoms with Gasteiger partial charge in [-0.3, -0.25) is 4.79 Å². The summed E-state index contributed by atoms with van der Waals surface area (Å²) in [6.45, 7) is 8.32. The molecule has 1 N–H and O–H groups in total. The number of rotatable bonds is 5. The molecule has 1 amide bonds. The van der Waals surface area contributed by atoms with Crippen LogP contribution in [0.1, 0.15) is 51.5 Å². The predicted molar refractivity (Wildman–Crippen MR) is 104 cm³/mol. The van der Waals surface area contributed by atoms with Gasteiger partial charge in [0.1, 0.15) is 4.32 Å². The Balaban J connectivity index is 1.97. The summed E-state index contributed by atoms with van der Waals surface area (Å²) < 4.78 is 0.848. The van der Waals surface area contributed by atoms with Gasteiger partial charge in [-0.15, -0.1) is 0 Å². The molecule has 1 heterocycles. The smallest absolute Gasteiger partial charge is 0.237 e. The summed E-state index contributed by atoms with van der Waals surface area (Å²) >= 11 is 6.96. The molecule has 1 aliphatic heterocycles. The van der Waals surface area contributed by atoms with Crippen LogP contribution in [0.25, 0.3) is 0 Å². The number of thioether (sulfide) groups is 1. The van der Waals surface area contributed by atoms with Gasteiger partial charge in [0.05, 0.1) is 5.25 Å². The summed E-state index contributed by atoms with van der Waals surface area (Å²) in [5.74, 6) is 0.451. The molecule has 2 rings (SSSR count). The zero-order chi connectivity index (χ0) is 16.8. The molecule has 1 aromatic carbocycles. The van der Waals surface area contributed by atoms with Gasteiger partial charge in [0.15, 0.2) is 0 Å². The van der Waals surface area contributed by atoms with Crippen LogP contribution in [-0.4, -0.2) is 33.5 Å². The van der Waals surface area contributed by atoms with Crippen molar-refractivity contribution in [3.05, 3.63) is 29.8 Å². The van der Waals surface area contributed by atoms with Crippen LogP contribution in [0.4, 0.5) is 5.69 Å². The highest BCUT2D eigenvalue weighted by Gasteiger charge is 2.22. The first-order valence-electron chi connectivity index (χ1n) is 8.38. The molecule has 0 saturated carbocycles.